The molecule has 0 aliphatic heterocycles. The topological polar surface area (TPSA) is 78.2 Å². The minimum absolute atomic E-state index is 0.237. The molecule has 0 saturated carbocycles. The molecule has 0 spiro atoms. The second-order valence-electron chi connectivity index (χ2n) is 4.41. The van der Waals surface area contributed by atoms with E-state index in [0.717, 1.165) is 21.9 Å². The molecule has 1 N–H and O–H groups in total. The van der Waals surface area contributed by atoms with Gasteiger partial charge < -0.3 is 0 Å². The number of hydrogen-bond donors (Lipinski definition) is 1. The Morgan fingerprint density at radius 3 is 2.73 bits per heavy atom. The average molecular weight is 350 g/mol. The molecule has 3 aromatic rings. The van der Waals surface area contributed by atoms with E-state index in [1.54, 1.807) is 23.5 Å². The molecule has 0 aliphatic rings. The minimum atomic E-state index is 0.237. The summed E-state index contributed by atoms with van der Waals surface area (Å²) in [6, 6.07) is 7.39. The van der Waals surface area contributed by atoms with Gasteiger partial charge in [0, 0.05) is 10.4 Å². The molecule has 3 rings (SSSR count). The lowest BCUT2D eigenvalue weighted by Crippen LogP contribution is -1.87. The number of H-pyrrole nitrogens is 1. The highest BCUT2D eigenvalue weighted by Gasteiger charge is 2.19. The van der Waals surface area contributed by atoms with Crippen LogP contribution in [0, 0.1) is 11.3 Å². The summed E-state index contributed by atoms with van der Waals surface area (Å²) in [6.07, 6.45) is 0.784. The van der Waals surface area contributed by atoms with Crippen LogP contribution in [-0.2, 0) is 6.42 Å². The van der Waals surface area contributed by atoms with Gasteiger partial charge in [0.05, 0.1) is 10.0 Å². The number of aromatic amines is 1. The van der Waals surface area contributed by atoms with Crippen molar-refractivity contribution in [3.63, 3.8) is 0 Å². The van der Waals surface area contributed by atoms with Crippen molar-refractivity contribution >= 4 is 34.5 Å². The minimum Gasteiger partial charge on any atom is -0.234 e. The van der Waals surface area contributed by atoms with E-state index in [9.17, 15) is 0 Å². The fourth-order valence-corrected chi connectivity index (χ4v) is 3.30. The Morgan fingerprint density at radius 2 is 2.05 bits per heavy atom. The van der Waals surface area contributed by atoms with E-state index < -0.39 is 0 Å². The maximum Gasteiger partial charge on any atom is 0.192 e. The van der Waals surface area contributed by atoms with Crippen molar-refractivity contribution < 1.29 is 0 Å². The Kier molecular flexibility index (Phi) is 4.12. The summed E-state index contributed by atoms with van der Waals surface area (Å²) in [4.78, 5) is 5.65. The zero-order chi connectivity index (χ0) is 15.7. The summed E-state index contributed by atoms with van der Waals surface area (Å²) in [5.74, 6) is 0. The first-order valence-electron chi connectivity index (χ1n) is 6.40. The highest BCUT2D eigenvalue weighted by molar-refractivity contribution is 7.15. The van der Waals surface area contributed by atoms with Crippen molar-refractivity contribution in [3.8, 4) is 28.0 Å². The van der Waals surface area contributed by atoms with Gasteiger partial charge in [0.25, 0.3) is 0 Å². The van der Waals surface area contributed by atoms with Crippen LogP contribution in [0.15, 0.2) is 18.2 Å². The average Bonchev–Trinajstić information content (AvgIpc) is 3.15. The number of thiazole rings is 1. The van der Waals surface area contributed by atoms with Crippen LogP contribution in [0.1, 0.15) is 17.5 Å². The lowest BCUT2D eigenvalue weighted by atomic mass is 10.2. The molecule has 0 radical (unpaired) electrons. The standard InChI is InChI=1S/C14H9Cl2N5S/c1-2-11-13(12-10(6-17)19-21-20-12)18-14(22-11)7-3-4-8(15)9(16)5-7/h3-5H,2H2,1H3,(H,19,20,21). The van der Waals surface area contributed by atoms with Gasteiger partial charge in [0.15, 0.2) is 11.4 Å². The summed E-state index contributed by atoms with van der Waals surface area (Å²) >= 11 is 13.6. The Labute approximate surface area is 140 Å². The SMILES string of the molecule is CCc1sc(-c2ccc(Cl)c(Cl)c2)nc1-c1n[nH]nc1C#N. The van der Waals surface area contributed by atoms with Gasteiger partial charge in [-0.1, -0.05) is 36.2 Å². The lowest BCUT2D eigenvalue weighted by Gasteiger charge is -1.98. The fraction of sp³-hybridized carbons (Fsp3) is 0.143. The molecule has 0 atom stereocenters. The van der Waals surface area contributed by atoms with Crippen molar-refractivity contribution in [2.24, 2.45) is 0 Å². The zero-order valence-corrected chi connectivity index (χ0v) is 13.7. The molecule has 0 unspecified atom stereocenters. The van der Waals surface area contributed by atoms with Crippen LogP contribution >= 0.6 is 34.5 Å². The van der Waals surface area contributed by atoms with Crippen LogP contribution < -0.4 is 0 Å². The number of aromatic nitrogens is 4. The van der Waals surface area contributed by atoms with Gasteiger partial charge in [0.2, 0.25) is 0 Å². The van der Waals surface area contributed by atoms with Crippen LogP contribution in [0.5, 0.6) is 0 Å². The lowest BCUT2D eigenvalue weighted by molar-refractivity contribution is 0.936. The van der Waals surface area contributed by atoms with Crippen LogP contribution in [-0.4, -0.2) is 20.4 Å². The maximum atomic E-state index is 9.09. The molecule has 0 saturated heterocycles. The molecule has 1 aromatic carbocycles. The first-order valence-corrected chi connectivity index (χ1v) is 7.97. The number of nitrogens with zero attached hydrogens (tertiary/aromatic N) is 4. The van der Waals surface area contributed by atoms with Crippen LogP contribution in [0.25, 0.3) is 22.0 Å². The number of halogens is 2. The van der Waals surface area contributed by atoms with E-state index in [0.29, 0.717) is 21.4 Å². The summed E-state index contributed by atoms with van der Waals surface area (Å²) in [6.45, 7) is 2.03. The van der Waals surface area contributed by atoms with Gasteiger partial charge in [-0.3, -0.25) is 0 Å². The molecular formula is C14H9Cl2N5S. The molecule has 0 fully saturated rings. The number of benzene rings is 1. The van der Waals surface area contributed by atoms with Gasteiger partial charge in [-0.15, -0.1) is 16.4 Å². The Balaban J connectivity index is 2.13. The van der Waals surface area contributed by atoms with Gasteiger partial charge in [-0.25, -0.2) is 4.98 Å². The number of aryl methyl sites for hydroxylation is 1. The predicted octanol–water partition coefficient (Wildman–Crippen LogP) is 4.34. The van der Waals surface area contributed by atoms with Crippen molar-refractivity contribution in [1.82, 2.24) is 20.4 Å². The second kappa shape index (κ2) is 6.05. The third-order valence-electron chi connectivity index (χ3n) is 3.06. The highest BCUT2D eigenvalue weighted by Crippen LogP contribution is 2.36. The smallest absolute Gasteiger partial charge is 0.192 e. The molecule has 0 aliphatic carbocycles. The molecule has 22 heavy (non-hydrogen) atoms. The van der Waals surface area contributed by atoms with E-state index in [2.05, 4.69) is 20.4 Å². The highest BCUT2D eigenvalue weighted by atomic mass is 35.5. The van der Waals surface area contributed by atoms with Crippen LogP contribution in [0.3, 0.4) is 0 Å². The van der Waals surface area contributed by atoms with Crippen molar-refractivity contribution in [1.29, 1.82) is 5.26 Å². The summed E-state index contributed by atoms with van der Waals surface area (Å²) in [7, 11) is 0. The number of nitrogens with one attached hydrogen (secondary N) is 1. The van der Waals surface area contributed by atoms with Gasteiger partial charge >= 0.3 is 0 Å². The second-order valence-corrected chi connectivity index (χ2v) is 6.30. The molecule has 5 nitrogen and oxygen atoms in total. The van der Waals surface area contributed by atoms with Crippen molar-refractivity contribution in [3.05, 3.63) is 38.8 Å². The fourth-order valence-electron chi connectivity index (χ4n) is 2.00. The van der Waals surface area contributed by atoms with Gasteiger partial charge in [-0.05, 0) is 18.6 Å². The van der Waals surface area contributed by atoms with E-state index in [-0.39, 0.29) is 5.69 Å². The molecular weight excluding hydrogens is 341 g/mol. The van der Waals surface area contributed by atoms with Crippen LogP contribution in [0.4, 0.5) is 0 Å². The monoisotopic (exact) mass is 349 g/mol. The first-order chi connectivity index (χ1) is 10.6. The summed E-state index contributed by atoms with van der Waals surface area (Å²) < 4.78 is 0. The van der Waals surface area contributed by atoms with Crippen molar-refractivity contribution in [2.75, 3.05) is 0 Å². The molecule has 110 valence electrons. The number of rotatable bonds is 3. The largest absolute Gasteiger partial charge is 0.234 e. The van der Waals surface area contributed by atoms with Gasteiger partial charge in [-0.2, -0.15) is 15.6 Å². The quantitative estimate of drug-likeness (QED) is 0.762. The van der Waals surface area contributed by atoms with E-state index in [1.165, 1.54) is 0 Å². The molecule has 8 heteroatoms. The normalized spacial score (nSPS) is 10.6. The predicted molar refractivity (Wildman–Crippen MR) is 87.0 cm³/mol. The van der Waals surface area contributed by atoms with Crippen molar-refractivity contribution in [2.45, 2.75) is 13.3 Å². The Bertz CT molecular complexity index is 878. The molecule has 2 aromatic heterocycles. The Hall–Kier alpha value is -1.94. The van der Waals surface area contributed by atoms with Gasteiger partial charge in [0.1, 0.15) is 16.8 Å². The zero-order valence-electron chi connectivity index (χ0n) is 11.4. The Morgan fingerprint density at radius 1 is 1.23 bits per heavy atom. The van der Waals surface area contributed by atoms with E-state index >= 15 is 0 Å². The third kappa shape index (κ3) is 2.59. The first kappa shape index (κ1) is 15.0. The van der Waals surface area contributed by atoms with E-state index in [1.807, 2.05) is 19.1 Å². The maximum absolute atomic E-state index is 9.09. The van der Waals surface area contributed by atoms with E-state index in [4.69, 9.17) is 28.5 Å². The summed E-state index contributed by atoms with van der Waals surface area (Å²) in [5, 5.41) is 21.2. The molecule has 0 amide bonds. The number of hydrogen-bond acceptors (Lipinski definition) is 5. The molecule has 2 heterocycles. The summed E-state index contributed by atoms with van der Waals surface area (Å²) in [5.41, 5.74) is 2.27. The molecule has 0 bridgehead atoms. The van der Waals surface area contributed by atoms with Crippen LogP contribution in [0.2, 0.25) is 10.0 Å². The number of nitriles is 1. The third-order valence-corrected chi connectivity index (χ3v) is 5.05.